The fraction of sp³-hybridized carbons (Fsp3) is 0.533. The summed E-state index contributed by atoms with van der Waals surface area (Å²) in [7, 11) is 3.03. The normalized spacial score (nSPS) is 11.7. The first-order valence-electron chi connectivity index (χ1n) is 6.67. The lowest BCUT2D eigenvalue weighted by molar-refractivity contribution is 0.0333. The molecule has 0 saturated heterocycles. The van der Waals surface area contributed by atoms with Crippen molar-refractivity contribution in [1.29, 1.82) is 0 Å². The summed E-state index contributed by atoms with van der Waals surface area (Å²) in [5.74, 6) is 0.973. The third-order valence-corrected chi connectivity index (χ3v) is 2.87. The highest BCUT2D eigenvalue weighted by Gasteiger charge is 2.19. The zero-order valence-electron chi connectivity index (χ0n) is 12.7. The highest BCUT2D eigenvalue weighted by atomic mass is 16.5. The lowest BCUT2D eigenvalue weighted by atomic mass is 10.1. The Morgan fingerprint density at radius 1 is 1.15 bits per heavy atom. The van der Waals surface area contributed by atoms with Crippen molar-refractivity contribution in [3.05, 3.63) is 17.7 Å². The van der Waals surface area contributed by atoms with Crippen LogP contribution in [0, 0.1) is 0 Å². The molecule has 1 aromatic carbocycles. The van der Waals surface area contributed by atoms with Crippen LogP contribution in [-0.2, 0) is 4.74 Å². The molecule has 0 aliphatic carbocycles. The third-order valence-electron chi connectivity index (χ3n) is 2.87. The Morgan fingerprint density at radius 3 is 2.10 bits per heavy atom. The lowest BCUT2D eigenvalue weighted by Gasteiger charge is -2.16. The Labute approximate surface area is 119 Å². The van der Waals surface area contributed by atoms with Gasteiger partial charge in [-0.1, -0.05) is 6.92 Å². The highest BCUT2D eigenvalue weighted by Crippen LogP contribution is 2.38. The number of hydrogen-bond donors (Lipinski definition) is 0. The lowest BCUT2D eigenvalue weighted by Crippen LogP contribution is -2.14. The smallest absolute Gasteiger partial charge is 0.338 e. The second-order valence-electron chi connectivity index (χ2n) is 4.27. The Morgan fingerprint density at radius 2 is 1.70 bits per heavy atom. The average Bonchev–Trinajstić information content (AvgIpc) is 2.47. The molecule has 1 unspecified atom stereocenters. The zero-order valence-corrected chi connectivity index (χ0v) is 12.7. The first-order valence-corrected chi connectivity index (χ1v) is 6.67. The van der Waals surface area contributed by atoms with Crippen molar-refractivity contribution in [3.8, 4) is 17.2 Å². The van der Waals surface area contributed by atoms with Crippen molar-refractivity contribution in [1.82, 2.24) is 0 Å². The molecule has 0 heterocycles. The predicted octanol–water partition coefficient (Wildman–Crippen LogP) is 3.06. The fourth-order valence-corrected chi connectivity index (χ4v) is 1.62. The van der Waals surface area contributed by atoms with Crippen LogP contribution >= 0.6 is 0 Å². The van der Waals surface area contributed by atoms with Gasteiger partial charge in [0.2, 0.25) is 5.75 Å². The molecule has 1 atom stereocenters. The molecule has 5 heteroatoms. The predicted molar refractivity (Wildman–Crippen MR) is 75.9 cm³/mol. The summed E-state index contributed by atoms with van der Waals surface area (Å²) in [4.78, 5) is 12.0. The number of esters is 1. The number of ether oxygens (including phenoxy) is 4. The molecule has 0 aromatic heterocycles. The minimum Gasteiger partial charge on any atom is -0.493 e. The van der Waals surface area contributed by atoms with E-state index in [-0.39, 0.29) is 6.10 Å². The maximum Gasteiger partial charge on any atom is 0.338 e. The number of carbonyl (C=O) groups is 1. The van der Waals surface area contributed by atoms with Crippen LogP contribution in [0.4, 0.5) is 0 Å². The van der Waals surface area contributed by atoms with Gasteiger partial charge in [0.15, 0.2) is 11.5 Å². The molecular weight excluding hydrogens is 260 g/mol. The molecule has 5 nitrogen and oxygen atoms in total. The van der Waals surface area contributed by atoms with E-state index >= 15 is 0 Å². The van der Waals surface area contributed by atoms with Crippen molar-refractivity contribution < 1.29 is 23.7 Å². The van der Waals surface area contributed by atoms with Gasteiger partial charge in [-0.2, -0.15) is 0 Å². The van der Waals surface area contributed by atoms with Crippen LogP contribution in [-0.4, -0.2) is 32.9 Å². The zero-order chi connectivity index (χ0) is 15.1. The molecule has 1 rings (SSSR count). The topological polar surface area (TPSA) is 54.0 Å². The standard InChI is InChI=1S/C15H22O5/c1-6-10(3)20-15(16)11-8-12(17-4)14(19-7-2)13(9-11)18-5/h8-10H,6-7H2,1-5H3. The van der Waals surface area contributed by atoms with E-state index in [0.29, 0.717) is 29.4 Å². The van der Waals surface area contributed by atoms with Gasteiger partial charge in [0.05, 0.1) is 32.5 Å². The molecule has 0 aliphatic rings. The van der Waals surface area contributed by atoms with Gasteiger partial charge >= 0.3 is 5.97 Å². The van der Waals surface area contributed by atoms with Gasteiger partial charge < -0.3 is 18.9 Å². The molecular formula is C15H22O5. The van der Waals surface area contributed by atoms with Crippen molar-refractivity contribution in [2.75, 3.05) is 20.8 Å². The van der Waals surface area contributed by atoms with Crippen LogP contribution in [0.25, 0.3) is 0 Å². The maximum absolute atomic E-state index is 12.0. The molecule has 112 valence electrons. The summed E-state index contributed by atoms with van der Waals surface area (Å²) in [5.41, 5.74) is 0.377. The first kappa shape index (κ1) is 16.1. The van der Waals surface area contributed by atoms with E-state index in [1.165, 1.54) is 14.2 Å². The Balaban J connectivity index is 3.13. The number of carbonyl (C=O) groups excluding carboxylic acids is 1. The van der Waals surface area contributed by atoms with Crippen molar-refractivity contribution >= 4 is 5.97 Å². The maximum atomic E-state index is 12.0. The van der Waals surface area contributed by atoms with Crippen molar-refractivity contribution in [2.45, 2.75) is 33.3 Å². The monoisotopic (exact) mass is 282 g/mol. The second kappa shape index (κ2) is 7.62. The van der Waals surface area contributed by atoms with Crippen LogP contribution in [0.1, 0.15) is 37.6 Å². The van der Waals surface area contributed by atoms with E-state index in [0.717, 1.165) is 6.42 Å². The van der Waals surface area contributed by atoms with E-state index in [9.17, 15) is 4.79 Å². The molecule has 0 radical (unpaired) electrons. The van der Waals surface area contributed by atoms with Crippen LogP contribution in [0.15, 0.2) is 12.1 Å². The van der Waals surface area contributed by atoms with Gasteiger partial charge in [0, 0.05) is 0 Å². The summed E-state index contributed by atoms with van der Waals surface area (Å²) < 4.78 is 21.3. The number of methoxy groups -OCH3 is 2. The van der Waals surface area contributed by atoms with Gasteiger partial charge in [-0.3, -0.25) is 0 Å². The van der Waals surface area contributed by atoms with E-state index in [1.807, 2.05) is 20.8 Å². The Kier molecular flexibility index (Phi) is 6.15. The molecule has 0 spiro atoms. The molecule has 20 heavy (non-hydrogen) atoms. The van der Waals surface area contributed by atoms with Gasteiger partial charge in [0.25, 0.3) is 0 Å². The van der Waals surface area contributed by atoms with Gasteiger partial charge in [-0.25, -0.2) is 4.79 Å². The van der Waals surface area contributed by atoms with Gasteiger partial charge in [0.1, 0.15) is 0 Å². The average molecular weight is 282 g/mol. The van der Waals surface area contributed by atoms with Crippen molar-refractivity contribution in [3.63, 3.8) is 0 Å². The quantitative estimate of drug-likeness (QED) is 0.719. The van der Waals surface area contributed by atoms with Crippen molar-refractivity contribution in [2.24, 2.45) is 0 Å². The van der Waals surface area contributed by atoms with E-state index in [2.05, 4.69) is 0 Å². The van der Waals surface area contributed by atoms with E-state index in [1.54, 1.807) is 12.1 Å². The van der Waals surface area contributed by atoms with Crippen LogP contribution in [0.3, 0.4) is 0 Å². The number of benzene rings is 1. The fourth-order valence-electron chi connectivity index (χ4n) is 1.62. The molecule has 1 aromatic rings. The molecule has 0 fully saturated rings. The van der Waals surface area contributed by atoms with E-state index in [4.69, 9.17) is 18.9 Å². The minimum atomic E-state index is -0.404. The minimum absolute atomic E-state index is 0.133. The van der Waals surface area contributed by atoms with E-state index < -0.39 is 5.97 Å². The molecule has 0 saturated carbocycles. The molecule has 0 aliphatic heterocycles. The third kappa shape index (κ3) is 3.79. The molecule has 0 bridgehead atoms. The first-order chi connectivity index (χ1) is 9.57. The second-order valence-corrected chi connectivity index (χ2v) is 4.27. The van der Waals surface area contributed by atoms with Gasteiger partial charge in [-0.15, -0.1) is 0 Å². The van der Waals surface area contributed by atoms with Crippen LogP contribution < -0.4 is 14.2 Å². The number of hydrogen-bond acceptors (Lipinski definition) is 5. The molecule has 0 N–H and O–H groups in total. The molecule has 0 amide bonds. The van der Waals surface area contributed by atoms with Gasteiger partial charge in [-0.05, 0) is 32.4 Å². The Bertz CT molecular complexity index is 431. The summed E-state index contributed by atoms with van der Waals surface area (Å²) in [6, 6.07) is 3.19. The summed E-state index contributed by atoms with van der Waals surface area (Å²) >= 11 is 0. The van der Waals surface area contributed by atoms with Crippen LogP contribution in [0.2, 0.25) is 0 Å². The SMILES string of the molecule is CCOc1c(OC)cc(C(=O)OC(C)CC)cc1OC. The summed E-state index contributed by atoms with van der Waals surface area (Å²) in [5, 5.41) is 0. The Hall–Kier alpha value is -1.91. The summed E-state index contributed by atoms with van der Waals surface area (Å²) in [6.45, 7) is 6.14. The number of rotatable bonds is 7. The van der Waals surface area contributed by atoms with Crippen LogP contribution in [0.5, 0.6) is 17.2 Å². The summed E-state index contributed by atoms with van der Waals surface area (Å²) in [6.07, 6.45) is 0.628. The largest absolute Gasteiger partial charge is 0.493 e. The highest BCUT2D eigenvalue weighted by molar-refractivity contribution is 5.91.